The summed E-state index contributed by atoms with van der Waals surface area (Å²) in [7, 11) is 3.81. The van der Waals surface area contributed by atoms with E-state index >= 15 is 0 Å². The molecule has 0 aromatic heterocycles. The Balaban J connectivity index is 1.62. The van der Waals surface area contributed by atoms with E-state index in [9.17, 15) is 4.79 Å². The molecule has 0 N–H and O–H groups in total. The average molecular weight is 331 g/mol. The van der Waals surface area contributed by atoms with E-state index in [-0.39, 0.29) is 5.54 Å². The SMILES string of the molecule is CCN1CCN(C)C2(CCN(Cc3ccc(OC)cc3)CC2)C1=O. The molecule has 2 fully saturated rings. The number of nitrogens with zero attached hydrogens (tertiary/aromatic N) is 3. The molecule has 0 bridgehead atoms. The fourth-order valence-corrected chi connectivity index (χ4v) is 4.01. The van der Waals surface area contributed by atoms with Crippen molar-refractivity contribution < 1.29 is 9.53 Å². The van der Waals surface area contributed by atoms with Gasteiger partial charge in [-0.15, -0.1) is 0 Å². The second-order valence-electron chi connectivity index (χ2n) is 6.96. The molecule has 132 valence electrons. The second-order valence-corrected chi connectivity index (χ2v) is 6.96. The molecule has 5 heteroatoms. The monoisotopic (exact) mass is 331 g/mol. The molecule has 2 aliphatic rings. The van der Waals surface area contributed by atoms with Crippen molar-refractivity contribution in [2.45, 2.75) is 31.8 Å². The molecule has 2 aliphatic heterocycles. The number of hydrogen-bond donors (Lipinski definition) is 0. The smallest absolute Gasteiger partial charge is 0.243 e. The summed E-state index contributed by atoms with van der Waals surface area (Å²) in [6, 6.07) is 8.27. The number of amides is 1. The Morgan fingerprint density at radius 3 is 2.33 bits per heavy atom. The summed E-state index contributed by atoms with van der Waals surface area (Å²) in [5.41, 5.74) is 1.02. The van der Waals surface area contributed by atoms with Crippen molar-refractivity contribution in [3.8, 4) is 5.75 Å². The Kier molecular flexibility index (Phi) is 5.11. The first kappa shape index (κ1) is 17.2. The number of piperazine rings is 1. The fourth-order valence-electron chi connectivity index (χ4n) is 4.01. The maximum absolute atomic E-state index is 12.9. The van der Waals surface area contributed by atoms with Gasteiger partial charge in [0.15, 0.2) is 0 Å². The number of likely N-dealkylation sites (N-methyl/N-ethyl adjacent to an activating group) is 2. The number of ether oxygens (including phenoxy) is 1. The van der Waals surface area contributed by atoms with Crippen LogP contribution in [-0.4, -0.2) is 73.0 Å². The van der Waals surface area contributed by atoms with Crippen LogP contribution in [0.2, 0.25) is 0 Å². The molecule has 1 aromatic rings. The van der Waals surface area contributed by atoms with Gasteiger partial charge in [-0.05, 0) is 44.5 Å². The molecular formula is C19H29N3O2. The van der Waals surface area contributed by atoms with Gasteiger partial charge < -0.3 is 9.64 Å². The van der Waals surface area contributed by atoms with E-state index in [0.29, 0.717) is 5.91 Å². The highest BCUT2D eigenvalue weighted by molar-refractivity contribution is 5.87. The molecule has 5 nitrogen and oxygen atoms in total. The molecule has 1 aromatic carbocycles. The normalized spacial score (nSPS) is 22.1. The lowest BCUT2D eigenvalue weighted by Gasteiger charge is -2.51. The molecule has 3 rings (SSSR count). The van der Waals surface area contributed by atoms with E-state index in [0.717, 1.165) is 57.9 Å². The lowest BCUT2D eigenvalue weighted by atomic mass is 9.82. The molecule has 0 aliphatic carbocycles. The lowest BCUT2D eigenvalue weighted by Crippen LogP contribution is -2.67. The van der Waals surface area contributed by atoms with Gasteiger partial charge in [-0.2, -0.15) is 0 Å². The number of benzene rings is 1. The first-order valence-electron chi connectivity index (χ1n) is 8.95. The van der Waals surface area contributed by atoms with Gasteiger partial charge in [0, 0.05) is 39.3 Å². The standard InChI is InChI=1S/C19H29N3O2/c1-4-22-14-13-20(2)19(18(22)23)9-11-21(12-10-19)15-16-5-7-17(24-3)8-6-16/h5-8H,4,9-15H2,1-3H3. The molecule has 0 radical (unpaired) electrons. The average Bonchev–Trinajstić information content (AvgIpc) is 2.62. The van der Waals surface area contributed by atoms with Gasteiger partial charge in [0.25, 0.3) is 0 Å². The van der Waals surface area contributed by atoms with Crippen LogP contribution in [0, 0.1) is 0 Å². The van der Waals surface area contributed by atoms with Crippen LogP contribution in [0.4, 0.5) is 0 Å². The van der Waals surface area contributed by atoms with Crippen molar-refractivity contribution in [1.29, 1.82) is 0 Å². The van der Waals surface area contributed by atoms with E-state index in [1.165, 1.54) is 5.56 Å². The Bertz CT molecular complexity index is 564. The van der Waals surface area contributed by atoms with Crippen molar-refractivity contribution >= 4 is 5.91 Å². The van der Waals surface area contributed by atoms with Crippen molar-refractivity contribution in [3.05, 3.63) is 29.8 Å². The van der Waals surface area contributed by atoms with Gasteiger partial charge >= 0.3 is 0 Å². The maximum atomic E-state index is 12.9. The topological polar surface area (TPSA) is 36.0 Å². The maximum Gasteiger partial charge on any atom is 0.243 e. The van der Waals surface area contributed by atoms with Crippen LogP contribution in [0.15, 0.2) is 24.3 Å². The highest BCUT2D eigenvalue weighted by Gasteiger charge is 2.48. The van der Waals surface area contributed by atoms with Crippen LogP contribution < -0.4 is 4.74 Å². The largest absolute Gasteiger partial charge is 0.497 e. The van der Waals surface area contributed by atoms with Gasteiger partial charge in [-0.1, -0.05) is 12.1 Å². The van der Waals surface area contributed by atoms with Gasteiger partial charge in [0.2, 0.25) is 5.91 Å². The molecule has 1 amide bonds. The van der Waals surface area contributed by atoms with Gasteiger partial charge in [-0.3, -0.25) is 14.6 Å². The molecule has 0 saturated carbocycles. The Morgan fingerprint density at radius 1 is 1.08 bits per heavy atom. The van der Waals surface area contributed by atoms with Crippen molar-refractivity contribution in [3.63, 3.8) is 0 Å². The predicted molar refractivity (Wildman–Crippen MR) is 95.1 cm³/mol. The molecular weight excluding hydrogens is 302 g/mol. The lowest BCUT2D eigenvalue weighted by molar-refractivity contribution is -0.154. The van der Waals surface area contributed by atoms with Crippen LogP contribution >= 0.6 is 0 Å². The zero-order valence-electron chi connectivity index (χ0n) is 15.1. The minimum absolute atomic E-state index is 0.273. The molecule has 0 unspecified atom stereocenters. The van der Waals surface area contributed by atoms with E-state index in [1.807, 2.05) is 17.0 Å². The summed E-state index contributed by atoms with van der Waals surface area (Å²) in [4.78, 5) is 19.7. The quantitative estimate of drug-likeness (QED) is 0.843. The minimum Gasteiger partial charge on any atom is -0.497 e. The fraction of sp³-hybridized carbons (Fsp3) is 0.632. The third-order valence-corrected chi connectivity index (χ3v) is 5.75. The van der Waals surface area contributed by atoms with Crippen LogP contribution in [-0.2, 0) is 11.3 Å². The van der Waals surface area contributed by atoms with E-state index in [2.05, 4.69) is 35.9 Å². The van der Waals surface area contributed by atoms with Gasteiger partial charge in [0.1, 0.15) is 11.3 Å². The Morgan fingerprint density at radius 2 is 1.75 bits per heavy atom. The number of carbonyl (C=O) groups excluding carboxylic acids is 1. The van der Waals surface area contributed by atoms with Gasteiger partial charge in [0.05, 0.1) is 7.11 Å². The van der Waals surface area contributed by atoms with E-state index in [4.69, 9.17) is 4.74 Å². The number of hydrogen-bond acceptors (Lipinski definition) is 4. The number of methoxy groups -OCH3 is 1. The van der Waals surface area contributed by atoms with Crippen LogP contribution in [0.3, 0.4) is 0 Å². The molecule has 2 heterocycles. The summed E-state index contributed by atoms with van der Waals surface area (Å²) < 4.78 is 5.22. The zero-order valence-corrected chi connectivity index (χ0v) is 15.1. The highest BCUT2D eigenvalue weighted by atomic mass is 16.5. The van der Waals surface area contributed by atoms with Crippen LogP contribution in [0.5, 0.6) is 5.75 Å². The zero-order chi connectivity index (χ0) is 17.2. The summed E-state index contributed by atoms with van der Waals surface area (Å²) >= 11 is 0. The highest BCUT2D eigenvalue weighted by Crippen LogP contribution is 2.33. The summed E-state index contributed by atoms with van der Waals surface area (Å²) in [5.74, 6) is 1.23. The predicted octanol–water partition coefficient (Wildman–Crippen LogP) is 1.82. The molecule has 0 atom stereocenters. The second kappa shape index (κ2) is 7.11. The number of rotatable bonds is 4. The van der Waals surface area contributed by atoms with Crippen molar-refractivity contribution in [2.75, 3.05) is 46.9 Å². The summed E-state index contributed by atoms with van der Waals surface area (Å²) in [6.45, 7) is 7.63. The Labute approximate surface area is 145 Å². The van der Waals surface area contributed by atoms with E-state index < -0.39 is 0 Å². The first-order chi connectivity index (χ1) is 11.6. The molecule has 1 spiro atoms. The van der Waals surface area contributed by atoms with Crippen LogP contribution in [0.1, 0.15) is 25.3 Å². The summed E-state index contributed by atoms with van der Waals surface area (Å²) in [6.07, 6.45) is 1.85. The number of piperidine rings is 1. The molecule has 24 heavy (non-hydrogen) atoms. The number of likely N-dealkylation sites (tertiary alicyclic amines) is 1. The summed E-state index contributed by atoms with van der Waals surface area (Å²) in [5, 5.41) is 0. The third kappa shape index (κ3) is 3.15. The third-order valence-electron chi connectivity index (χ3n) is 5.75. The van der Waals surface area contributed by atoms with Gasteiger partial charge in [-0.25, -0.2) is 0 Å². The van der Waals surface area contributed by atoms with Crippen molar-refractivity contribution in [2.24, 2.45) is 0 Å². The first-order valence-corrected chi connectivity index (χ1v) is 8.95. The number of carbonyl (C=O) groups is 1. The Hall–Kier alpha value is -1.59. The van der Waals surface area contributed by atoms with Crippen LogP contribution in [0.25, 0.3) is 0 Å². The van der Waals surface area contributed by atoms with E-state index in [1.54, 1.807) is 7.11 Å². The van der Waals surface area contributed by atoms with Crippen molar-refractivity contribution in [1.82, 2.24) is 14.7 Å². The minimum atomic E-state index is -0.273. The molecule has 2 saturated heterocycles.